The Morgan fingerprint density at radius 2 is 2.12 bits per heavy atom. The van der Waals surface area contributed by atoms with Crippen molar-refractivity contribution < 1.29 is 18.3 Å². The smallest absolute Gasteiger partial charge is 0.355 e. The normalized spacial score (nSPS) is 11.8. The van der Waals surface area contributed by atoms with Crippen LogP contribution in [0.2, 0.25) is 0 Å². The summed E-state index contributed by atoms with van der Waals surface area (Å²) in [6.07, 6.45) is 2.39. The molecule has 0 aliphatic rings. The molecule has 6 nitrogen and oxygen atoms in total. The molecule has 0 radical (unpaired) electrons. The van der Waals surface area contributed by atoms with Gasteiger partial charge in [0, 0.05) is 12.5 Å². The van der Waals surface area contributed by atoms with Crippen LogP contribution < -0.4 is 0 Å². The molecule has 0 spiro atoms. The summed E-state index contributed by atoms with van der Waals surface area (Å²) < 4.78 is 24.0. The fraction of sp³-hybridized carbons (Fsp3) is 0.111. The zero-order valence-electron chi connectivity index (χ0n) is 8.28. The van der Waals surface area contributed by atoms with Crippen LogP contribution in [0.5, 0.6) is 0 Å². The van der Waals surface area contributed by atoms with Crippen LogP contribution >= 0.6 is 0 Å². The van der Waals surface area contributed by atoms with Crippen molar-refractivity contribution in [2.45, 2.75) is 5.03 Å². The van der Waals surface area contributed by atoms with Crippen LogP contribution in [0.15, 0.2) is 29.4 Å². The highest BCUT2D eigenvalue weighted by atomic mass is 32.2. The summed E-state index contributed by atoms with van der Waals surface area (Å²) in [5, 5.41) is 8.58. The number of carboxylic acid groups (broad SMARTS) is 1. The number of aromatic carboxylic acids is 1. The number of nitrogens with zero attached hydrogens (tertiary/aromatic N) is 2. The molecule has 0 saturated carbocycles. The fourth-order valence-electron chi connectivity index (χ4n) is 1.43. The van der Waals surface area contributed by atoms with Crippen molar-refractivity contribution in [3.63, 3.8) is 0 Å². The quantitative estimate of drug-likeness (QED) is 0.822. The molecular formula is C9H8N2O4S. The van der Waals surface area contributed by atoms with E-state index in [9.17, 15) is 13.2 Å². The Balaban J connectivity index is 2.95. The van der Waals surface area contributed by atoms with Gasteiger partial charge in [-0.3, -0.25) is 4.40 Å². The van der Waals surface area contributed by atoms with Crippen molar-refractivity contribution in [1.29, 1.82) is 0 Å². The molecule has 1 N–H and O–H groups in total. The molecular weight excluding hydrogens is 232 g/mol. The Morgan fingerprint density at radius 3 is 2.69 bits per heavy atom. The van der Waals surface area contributed by atoms with Crippen LogP contribution in [0.1, 0.15) is 10.5 Å². The molecule has 0 atom stereocenters. The van der Waals surface area contributed by atoms with Crippen LogP contribution in [-0.4, -0.2) is 35.1 Å². The Bertz CT molecular complexity index is 672. The maximum Gasteiger partial charge on any atom is 0.355 e. The average molecular weight is 240 g/mol. The maximum absolute atomic E-state index is 11.4. The fourth-order valence-corrected chi connectivity index (χ4v) is 2.22. The van der Waals surface area contributed by atoms with Gasteiger partial charge in [0.15, 0.2) is 20.6 Å². The standard InChI is InChI=1S/C9H8N2O4S/c1-16(14,15)8-7(9(12)13)11-5-3-2-4-6(11)10-8/h2-5H,1H3,(H,12,13). The summed E-state index contributed by atoms with van der Waals surface area (Å²) in [6, 6.07) is 4.80. The van der Waals surface area contributed by atoms with E-state index in [2.05, 4.69) is 4.98 Å². The lowest BCUT2D eigenvalue weighted by Gasteiger charge is -1.97. The summed E-state index contributed by atoms with van der Waals surface area (Å²) in [5.41, 5.74) is -0.0431. The molecule has 0 unspecified atom stereocenters. The number of fused-ring (bicyclic) bond motifs is 1. The van der Waals surface area contributed by atoms with E-state index in [0.717, 1.165) is 6.26 Å². The van der Waals surface area contributed by atoms with E-state index in [0.29, 0.717) is 5.65 Å². The van der Waals surface area contributed by atoms with Gasteiger partial charge in [0.1, 0.15) is 5.65 Å². The SMILES string of the molecule is CS(=O)(=O)c1nc2ccccn2c1C(=O)O. The Kier molecular flexibility index (Phi) is 2.20. The van der Waals surface area contributed by atoms with Crippen LogP contribution in [0.4, 0.5) is 0 Å². The minimum absolute atomic E-state index is 0.292. The third-order valence-corrected chi connectivity index (χ3v) is 3.04. The molecule has 0 aromatic carbocycles. The largest absolute Gasteiger partial charge is 0.476 e. The van der Waals surface area contributed by atoms with Gasteiger partial charge in [0.2, 0.25) is 0 Å². The lowest BCUT2D eigenvalue weighted by atomic mass is 10.4. The zero-order chi connectivity index (χ0) is 11.9. The molecule has 2 rings (SSSR count). The molecule has 16 heavy (non-hydrogen) atoms. The minimum Gasteiger partial charge on any atom is -0.476 e. The third kappa shape index (κ3) is 1.54. The summed E-state index contributed by atoms with van der Waals surface area (Å²) in [5.74, 6) is -1.32. The molecule has 0 fully saturated rings. The number of aromatic nitrogens is 2. The second-order valence-electron chi connectivity index (χ2n) is 3.27. The molecule has 2 aromatic heterocycles. The summed E-state index contributed by atoms with van der Waals surface area (Å²) in [7, 11) is -3.65. The summed E-state index contributed by atoms with van der Waals surface area (Å²) in [6.45, 7) is 0. The molecule has 0 saturated heterocycles. The molecule has 0 bridgehead atoms. The molecule has 0 aliphatic carbocycles. The molecule has 7 heteroatoms. The van der Waals surface area contributed by atoms with Crippen molar-refractivity contribution in [2.75, 3.05) is 6.26 Å². The minimum atomic E-state index is -3.65. The van der Waals surface area contributed by atoms with Gasteiger partial charge in [-0.1, -0.05) is 6.07 Å². The lowest BCUT2D eigenvalue weighted by molar-refractivity contribution is 0.0684. The Morgan fingerprint density at radius 1 is 1.44 bits per heavy atom. The number of pyridine rings is 1. The van der Waals surface area contributed by atoms with Crippen LogP contribution in [0, 0.1) is 0 Å². The van der Waals surface area contributed by atoms with Gasteiger partial charge < -0.3 is 5.11 Å². The van der Waals surface area contributed by atoms with Gasteiger partial charge in [-0.15, -0.1) is 0 Å². The molecule has 84 valence electrons. The van der Waals surface area contributed by atoms with E-state index in [1.54, 1.807) is 18.2 Å². The highest BCUT2D eigenvalue weighted by Gasteiger charge is 2.25. The maximum atomic E-state index is 11.4. The number of carbonyl (C=O) groups is 1. The molecule has 0 amide bonds. The number of sulfone groups is 1. The Hall–Kier alpha value is -1.89. The monoisotopic (exact) mass is 240 g/mol. The number of rotatable bonds is 2. The topological polar surface area (TPSA) is 88.7 Å². The van der Waals surface area contributed by atoms with Gasteiger partial charge in [-0.2, -0.15) is 0 Å². The van der Waals surface area contributed by atoms with E-state index in [1.807, 2.05) is 0 Å². The zero-order valence-corrected chi connectivity index (χ0v) is 9.10. The second-order valence-corrected chi connectivity index (χ2v) is 5.20. The van der Waals surface area contributed by atoms with E-state index in [1.165, 1.54) is 10.6 Å². The van der Waals surface area contributed by atoms with Gasteiger partial charge >= 0.3 is 5.97 Å². The number of imidazole rings is 1. The molecule has 2 aromatic rings. The van der Waals surface area contributed by atoms with E-state index in [4.69, 9.17) is 5.11 Å². The Labute approximate surface area is 91.1 Å². The van der Waals surface area contributed by atoms with Crippen molar-refractivity contribution in [3.05, 3.63) is 30.1 Å². The molecule has 0 aliphatic heterocycles. The van der Waals surface area contributed by atoms with E-state index >= 15 is 0 Å². The van der Waals surface area contributed by atoms with Gasteiger partial charge in [0.25, 0.3) is 0 Å². The van der Waals surface area contributed by atoms with E-state index < -0.39 is 20.8 Å². The highest BCUT2D eigenvalue weighted by Crippen LogP contribution is 2.17. The number of hydrogen-bond acceptors (Lipinski definition) is 4. The molecule has 2 heterocycles. The first kappa shape index (κ1) is 10.6. The van der Waals surface area contributed by atoms with Crippen LogP contribution in [0.25, 0.3) is 5.65 Å². The van der Waals surface area contributed by atoms with Gasteiger partial charge in [-0.05, 0) is 12.1 Å². The van der Waals surface area contributed by atoms with E-state index in [-0.39, 0.29) is 5.69 Å². The predicted molar refractivity (Wildman–Crippen MR) is 55.3 cm³/mol. The number of carboxylic acids is 1. The average Bonchev–Trinajstić information content (AvgIpc) is 2.55. The van der Waals surface area contributed by atoms with Crippen molar-refractivity contribution in [2.24, 2.45) is 0 Å². The van der Waals surface area contributed by atoms with Crippen molar-refractivity contribution in [1.82, 2.24) is 9.38 Å². The third-order valence-electron chi connectivity index (χ3n) is 2.05. The van der Waals surface area contributed by atoms with Crippen molar-refractivity contribution >= 4 is 21.5 Å². The predicted octanol–water partition coefficient (Wildman–Crippen LogP) is 0.436. The lowest BCUT2D eigenvalue weighted by Crippen LogP contribution is -2.09. The summed E-state index contributed by atoms with van der Waals surface area (Å²) in [4.78, 5) is 14.8. The first-order valence-electron chi connectivity index (χ1n) is 4.31. The van der Waals surface area contributed by atoms with Crippen LogP contribution in [-0.2, 0) is 9.84 Å². The second kappa shape index (κ2) is 3.31. The van der Waals surface area contributed by atoms with Gasteiger partial charge in [0.05, 0.1) is 0 Å². The number of hydrogen-bond donors (Lipinski definition) is 1. The van der Waals surface area contributed by atoms with Crippen LogP contribution in [0.3, 0.4) is 0 Å². The van der Waals surface area contributed by atoms with Crippen molar-refractivity contribution in [3.8, 4) is 0 Å². The highest BCUT2D eigenvalue weighted by molar-refractivity contribution is 7.90. The first-order valence-corrected chi connectivity index (χ1v) is 6.21. The first-order chi connectivity index (χ1) is 7.41. The van der Waals surface area contributed by atoms with Gasteiger partial charge in [-0.25, -0.2) is 18.2 Å². The summed E-state index contributed by atoms with van der Waals surface area (Å²) >= 11 is 0.